The molecule has 0 spiro atoms. The highest BCUT2D eigenvalue weighted by Crippen LogP contribution is 2.02. The normalized spacial score (nSPS) is 18.2. The maximum atomic E-state index is 11.7. The van der Waals surface area contributed by atoms with Crippen molar-refractivity contribution < 1.29 is 14.6 Å². The molecule has 1 amide bonds. The number of carbonyl (C=O) groups is 1. The maximum absolute atomic E-state index is 11.7. The van der Waals surface area contributed by atoms with Crippen molar-refractivity contribution in [1.29, 1.82) is 0 Å². The van der Waals surface area contributed by atoms with Gasteiger partial charge in [0.2, 0.25) is 5.91 Å². The second kappa shape index (κ2) is 10.1. The van der Waals surface area contributed by atoms with Crippen molar-refractivity contribution in [1.82, 2.24) is 15.1 Å². The van der Waals surface area contributed by atoms with E-state index in [-0.39, 0.29) is 12.5 Å². The van der Waals surface area contributed by atoms with Crippen LogP contribution in [0.25, 0.3) is 0 Å². The Labute approximate surface area is 115 Å². The van der Waals surface area contributed by atoms with Crippen LogP contribution in [0.2, 0.25) is 0 Å². The number of amides is 1. The first-order chi connectivity index (χ1) is 9.26. The van der Waals surface area contributed by atoms with Gasteiger partial charge in [-0.2, -0.15) is 0 Å². The smallest absolute Gasteiger partial charge is 0.234 e. The molecule has 6 nitrogen and oxygen atoms in total. The van der Waals surface area contributed by atoms with Gasteiger partial charge >= 0.3 is 0 Å². The molecule has 0 aromatic heterocycles. The summed E-state index contributed by atoms with van der Waals surface area (Å²) in [5, 5.41) is 11.8. The van der Waals surface area contributed by atoms with E-state index < -0.39 is 0 Å². The van der Waals surface area contributed by atoms with E-state index in [1.807, 2.05) is 0 Å². The molecule has 2 N–H and O–H groups in total. The van der Waals surface area contributed by atoms with Crippen molar-refractivity contribution in [2.45, 2.75) is 12.8 Å². The number of aliphatic hydroxyl groups excluding tert-OH is 1. The minimum absolute atomic E-state index is 0.0895. The molecule has 6 heteroatoms. The fraction of sp³-hybridized carbons (Fsp3) is 0.923. The first-order valence-corrected chi connectivity index (χ1v) is 7.07. The molecule has 1 heterocycles. The molecule has 1 saturated heterocycles. The number of aliphatic hydroxyl groups is 1. The van der Waals surface area contributed by atoms with Gasteiger partial charge in [0, 0.05) is 39.9 Å². The highest BCUT2D eigenvalue weighted by molar-refractivity contribution is 5.77. The summed E-state index contributed by atoms with van der Waals surface area (Å²) in [6.07, 6.45) is 1.91. The van der Waals surface area contributed by atoms with Crippen LogP contribution in [0.1, 0.15) is 12.8 Å². The largest absolute Gasteiger partial charge is 0.395 e. The van der Waals surface area contributed by atoms with Crippen molar-refractivity contribution in [3.63, 3.8) is 0 Å². The van der Waals surface area contributed by atoms with Crippen molar-refractivity contribution >= 4 is 5.91 Å². The Morgan fingerprint density at radius 3 is 2.74 bits per heavy atom. The van der Waals surface area contributed by atoms with Crippen LogP contribution in [-0.4, -0.2) is 87.0 Å². The molecule has 0 bridgehead atoms. The molecule has 1 rings (SSSR count). The monoisotopic (exact) mass is 273 g/mol. The third kappa shape index (κ3) is 7.47. The fourth-order valence-corrected chi connectivity index (χ4v) is 2.25. The average molecular weight is 273 g/mol. The quantitative estimate of drug-likeness (QED) is 0.563. The van der Waals surface area contributed by atoms with Gasteiger partial charge < -0.3 is 15.2 Å². The van der Waals surface area contributed by atoms with E-state index in [1.54, 1.807) is 7.11 Å². The minimum atomic E-state index is 0.0895. The zero-order valence-electron chi connectivity index (χ0n) is 11.9. The van der Waals surface area contributed by atoms with Crippen LogP contribution >= 0.6 is 0 Å². The van der Waals surface area contributed by atoms with Crippen LogP contribution in [-0.2, 0) is 9.53 Å². The van der Waals surface area contributed by atoms with Gasteiger partial charge in [-0.1, -0.05) is 0 Å². The number of nitrogens with one attached hydrogen (secondary N) is 1. The van der Waals surface area contributed by atoms with Gasteiger partial charge in [0.1, 0.15) is 0 Å². The topological polar surface area (TPSA) is 65.0 Å². The first-order valence-electron chi connectivity index (χ1n) is 7.07. The third-order valence-corrected chi connectivity index (χ3v) is 3.31. The number of rotatable bonds is 8. The Morgan fingerprint density at radius 1 is 1.26 bits per heavy atom. The standard InChI is InChI=1S/C13H27N3O3/c1-19-11-2-4-14-13(18)12-16-6-3-5-15(7-8-16)9-10-17/h17H,2-12H2,1H3,(H,14,18). The van der Waals surface area contributed by atoms with Crippen LogP contribution in [0.4, 0.5) is 0 Å². The highest BCUT2D eigenvalue weighted by Gasteiger charge is 2.16. The van der Waals surface area contributed by atoms with Gasteiger partial charge in [-0.25, -0.2) is 0 Å². The minimum Gasteiger partial charge on any atom is -0.395 e. The third-order valence-electron chi connectivity index (χ3n) is 3.31. The molecular weight excluding hydrogens is 246 g/mol. The molecule has 19 heavy (non-hydrogen) atoms. The van der Waals surface area contributed by atoms with E-state index >= 15 is 0 Å². The number of carbonyl (C=O) groups excluding carboxylic acids is 1. The van der Waals surface area contributed by atoms with Crippen LogP contribution < -0.4 is 5.32 Å². The summed E-state index contributed by atoms with van der Waals surface area (Å²) in [7, 11) is 1.66. The molecule has 0 aromatic carbocycles. The van der Waals surface area contributed by atoms with Gasteiger partial charge in [-0.05, 0) is 25.9 Å². The predicted molar refractivity (Wildman–Crippen MR) is 74.1 cm³/mol. The first kappa shape index (κ1) is 16.4. The van der Waals surface area contributed by atoms with Crippen LogP contribution in [0.5, 0.6) is 0 Å². The number of nitrogens with zero attached hydrogens (tertiary/aromatic N) is 2. The molecule has 112 valence electrons. The SMILES string of the molecule is COCCCNC(=O)CN1CCCN(CCO)CC1. The number of ether oxygens (including phenoxy) is 1. The Kier molecular flexibility index (Phi) is 8.73. The zero-order chi connectivity index (χ0) is 13.9. The van der Waals surface area contributed by atoms with Crippen molar-refractivity contribution in [2.24, 2.45) is 0 Å². The number of hydrogen-bond donors (Lipinski definition) is 2. The van der Waals surface area contributed by atoms with Gasteiger partial charge in [-0.15, -0.1) is 0 Å². The van der Waals surface area contributed by atoms with Crippen molar-refractivity contribution in [3.05, 3.63) is 0 Å². The summed E-state index contributed by atoms with van der Waals surface area (Å²) in [5.41, 5.74) is 0. The summed E-state index contributed by atoms with van der Waals surface area (Å²) in [4.78, 5) is 16.2. The molecule has 1 fully saturated rings. The van der Waals surface area contributed by atoms with E-state index in [9.17, 15) is 4.79 Å². The maximum Gasteiger partial charge on any atom is 0.234 e. The van der Waals surface area contributed by atoms with Gasteiger partial charge in [0.15, 0.2) is 0 Å². The molecule has 0 radical (unpaired) electrons. The molecule has 1 aliphatic heterocycles. The van der Waals surface area contributed by atoms with Crippen molar-refractivity contribution in [2.75, 3.05) is 66.1 Å². The van der Waals surface area contributed by atoms with Gasteiger partial charge in [0.05, 0.1) is 13.2 Å². The summed E-state index contributed by atoms with van der Waals surface area (Å²) in [6.45, 7) is 6.55. The van der Waals surface area contributed by atoms with Gasteiger partial charge in [-0.3, -0.25) is 14.6 Å². The summed E-state index contributed by atoms with van der Waals surface area (Å²) < 4.78 is 4.94. The Hall–Kier alpha value is -0.690. The van der Waals surface area contributed by atoms with Gasteiger partial charge in [0.25, 0.3) is 0 Å². The van der Waals surface area contributed by atoms with Crippen LogP contribution in [0, 0.1) is 0 Å². The number of hydrogen-bond acceptors (Lipinski definition) is 5. The van der Waals surface area contributed by atoms with E-state index in [4.69, 9.17) is 9.84 Å². The predicted octanol–water partition coefficient (Wildman–Crippen LogP) is -0.861. The fourth-order valence-electron chi connectivity index (χ4n) is 2.25. The zero-order valence-corrected chi connectivity index (χ0v) is 11.9. The summed E-state index contributed by atoms with van der Waals surface area (Å²) in [5.74, 6) is 0.0895. The Bertz CT molecular complexity index is 251. The second-order valence-corrected chi connectivity index (χ2v) is 4.89. The molecule has 0 saturated carbocycles. The Morgan fingerprint density at radius 2 is 2.00 bits per heavy atom. The van der Waals surface area contributed by atoms with Crippen LogP contribution in [0.15, 0.2) is 0 Å². The lowest BCUT2D eigenvalue weighted by molar-refractivity contribution is -0.122. The summed E-state index contributed by atoms with van der Waals surface area (Å²) >= 11 is 0. The second-order valence-electron chi connectivity index (χ2n) is 4.89. The van der Waals surface area contributed by atoms with E-state index in [0.29, 0.717) is 19.7 Å². The van der Waals surface area contributed by atoms with Crippen LogP contribution in [0.3, 0.4) is 0 Å². The Balaban J connectivity index is 2.16. The van der Waals surface area contributed by atoms with E-state index in [2.05, 4.69) is 15.1 Å². The molecule has 0 aromatic rings. The van der Waals surface area contributed by atoms with E-state index in [1.165, 1.54) is 0 Å². The number of β-amino-alcohol motifs (C(OH)–C–C–N with tert-alkyl or cyclic N) is 1. The molecular formula is C13H27N3O3. The molecule has 0 aliphatic carbocycles. The highest BCUT2D eigenvalue weighted by atomic mass is 16.5. The molecule has 0 atom stereocenters. The average Bonchev–Trinajstić information content (AvgIpc) is 2.61. The summed E-state index contributed by atoms with van der Waals surface area (Å²) in [6, 6.07) is 0. The lowest BCUT2D eigenvalue weighted by atomic mass is 10.3. The lowest BCUT2D eigenvalue weighted by Crippen LogP contribution is -2.39. The number of methoxy groups -OCH3 is 1. The lowest BCUT2D eigenvalue weighted by Gasteiger charge is -2.20. The molecule has 1 aliphatic rings. The van der Waals surface area contributed by atoms with E-state index in [0.717, 1.165) is 45.6 Å². The van der Waals surface area contributed by atoms with Crippen molar-refractivity contribution in [3.8, 4) is 0 Å². The molecule has 0 unspecified atom stereocenters.